The van der Waals surface area contributed by atoms with Crippen LogP contribution in [0.1, 0.15) is 5.69 Å². The number of hydrogen-bond donors (Lipinski definition) is 2. The van der Waals surface area contributed by atoms with E-state index in [0.29, 0.717) is 11.5 Å². The van der Waals surface area contributed by atoms with Gasteiger partial charge >= 0.3 is 0 Å². The molecule has 2 rings (SSSR count). The smallest absolute Gasteiger partial charge is 0.271 e. The number of aromatic nitrogens is 3. The van der Waals surface area contributed by atoms with Crippen LogP contribution in [0.15, 0.2) is 29.5 Å². The number of H-pyrrole nitrogens is 1. The van der Waals surface area contributed by atoms with Crippen LogP contribution in [-0.2, 0) is 0 Å². The summed E-state index contributed by atoms with van der Waals surface area (Å²) >= 11 is 10.7. The van der Waals surface area contributed by atoms with Crippen LogP contribution in [0.3, 0.4) is 0 Å². The number of nitrogens with two attached hydrogens (primary N) is 1. The van der Waals surface area contributed by atoms with E-state index in [2.05, 4.69) is 9.97 Å². The molecule has 2 aromatic heterocycles. The Morgan fingerprint density at radius 2 is 2.38 bits per heavy atom. The molecule has 0 radical (unpaired) electrons. The highest BCUT2D eigenvalue weighted by molar-refractivity contribution is 7.80. The van der Waals surface area contributed by atoms with Crippen LogP contribution in [0.5, 0.6) is 0 Å². The number of aromatic amines is 1. The number of rotatable bonds is 2. The van der Waals surface area contributed by atoms with E-state index in [1.54, 1.807) is 22.9 Å². The van der Waals surface area contributed by atoms with Crippen LogP contribution in [0.2, 0.25) is 5.02 Å². The summed E-state index contributed by atoms with van der Waals surface area (Å²) in [5, 5.41) is -0.00352. The Labute approximate surface area is 101 Å². The summed E-state index contributed by atoms with van der Waals surface area (Å²) < 4.78 is 1.57. The molecule has 0 amide bonds. The van der Waals surface area contributed by atoms with Gasteiger partial charge in [-0.1, -0.05) is 23.8 Å². The van der Waals surface area contributed by atoms with Crippen molar-refractivity contribution in [1.29, 1.82) is 0 Å². The van der Waals surface area contributed by atoms with Gasteiger partial charge in [-0.05, 0) is 12.1 Å². The Kier molecular flexibility index (Phi) is 2.76. The summed E-state index contributed by atoms with van der Waals surface area (Å²) in [6.07, 6.45) is 2.95. The van der Waals surface area contributed by atoms with E-state index < -0.39 is 5.56 Å². The number of nitrogens with zero attached hydrogens (tertiary/aromatic N) is 2. The third-order valence-corrected chi connectivity index (χ3v) is 2.56. The predicted molar refractivity (Wildman–Crippen MR) is 65.1 cm³/mol. The number of halogens is 1. The molecule has 0 unspecified atom stereocenters. The Hall–Kier alpha value is -1.66. The monoisotopic (exact) mass is 254 g/mol. The molecule has 7 heteroatoms. The van der Waals surface area contributed by atoms with Crippen molar-refractivity contribution in [2.75, 3.05) is 0 Å². The fraction of sp³-hybridized carbons (Fsp3) is 0. The third-order valence-electron chi connectivity index (χ3n) is 2.01. The van der Waals surface area contributed by atoms with Crippen LogP contribution >= 0.6 is 23.8 Å². The second-order valence-electron chi connectivity index (χ2n) is 3.00. The van der Waals surface area contributed by atoms with Crippen molar-refractivity contribution < 1.29 is 0 Å². The van der Waals surface area contributed by atoms with Gasteiger partial charge in [0, 0.05) is 6.20 Å². The van der Waals surface area contributed by atoms with Gasteiger partial charge in [0.25, 0.3) is 5.56 Å². The van der Waals surface area contributed by atoms with E-state index in [1.807, 2.05) is 0 Å². The van der Waals surface area contributed by atoms with Gasteiger partial charge < -0.3 is 10.7 Å². The van der Waals surface area contributed by atoms with Gasteiger partial charge in [-0.25, -0.2) is 4.98 Å². The lowest BCUT2D eigenvalue weighted by Gasteiger charge is -2.07. The normalized spacial score (nSPS) is 10.3. The van der Waals surface area contributed by atoms with Crippen molar-refractivity contribution >= 4 is 28.8 Å². The van der Waals surface area contributed by atoms with Crippen LogP contribution in [0, 0.1) is 0 Å². The van der Waals surface area contributed by atoms with Crippen molar-refractivity contribution in [2.45, 2.75) is 0 Å². The molecule has 82 valence electrons. The van der Waals surface area contributed by atoms with E-state index in [4.69, 9.17) is 29.6 Å². The summed E-state index contributed by atoms with van der Waals surface area (Å²) in [4.78, 5) is 17.9. The summed E-state index contributed by atoms with van der Waals surface area (Å²) in [7, 11) is 0. The minimum absolute atomic E-state index is 0.00352. The molecule has 0 fully saturated rings. The first-order valence-electron chi connectivity index (χ1n) is 4.32. The molecule has 0 spiro atoms. The molecule has 0 atom stereocenters. The van der Waals surface area contributed by atoms with E-state index in [0.717, 1.165) is 0 Å². The first kappa shape index (κ1) is 10.8. The van der Waals surface area contributed by atoms with Crippen LogP contribution in [-0.4, -0.2) is 19.5 Å². The minimum atomic E-state index is -0.408. The largest absolute Gasteiger partial charge is 0.388 e. The van der Waals surface area contributed by atoms with Crippen LogP contribution in [0.25, 0.3) is 5.82 Å². The van der Waals surface area contributed by atoms with Gasteiger partial charge in [-0.3, -0.25) is 9.36 Å². The lowest BCUT2D eigenvalue weighted by molar-refractivity contribution is 0.960. The van der Waals surface area contributed by atoms with Crippen molar-refractivity contribution in [3.05, 3.63) is 45.7 Å². The molecule has 0 bridgehead atoms. The quantitative estimate of drug-likeness (QED) is 0.779. The molecular formula is C9H7ClN4OS. The zero-order valence-electron chi connectivity index (χ0n) is 7.98. The molecule has 2 aromatic rings. The minimum Gasteiger partial charge on any atom is -0.388 e. The highest BCUT2D eigenvalue weighted by atomic mass is 35.5. The first-order chi connectivity index (χ1) is 7.61. The zero-order chi connectivity index (χ0) is 11.7. The molecule has 3 N–H and O–H groups in total. The molecule has 2 heterocycles. The van der Waals surface area contributed by atoms with Gasteiger partial charge in [0.1, 0.15) is 10.0 Å². The zero-order valence-corrected chi connectivity index (χ0v) is 9.55. The highest BCUT2D eigenvalue weighted by Gasteiger charge is 2.11. The second-order valence-corrected chi connectivity index (χ2v) is 3.81. The van der Waals surface area contributed by atoms with Crippen molar-refractivity contribution in [1.82, 2.24) is 14.5 Å². The Morgan fingerprint density at radius 1 is 1.62 bits per heavy atom. The molecule has 0 saturated heterocycles. The average Bonchev–Trinajstić information content (AvgIpc) is 2.70. The van der Waals surface area contributed by atoms with Gasteiger partial charge in [0.05, 0.1) is 12.0 Å². The SMILES string of the molecule is NC(=S)c1cccn1-c1nc[nH]c(=O)c1Cl. The molecular weight excluding hydrogens is 248 g/mol. The second kappa shape index (κ2) is 4.07. The van der Waals surface area contributed by atoms with E-state index >= 15 is 0 Å². The van der Waals surface area contributed by atoms with Gasteiger partial charge in [-0.2, -0.15) is 0 Å². The molecule has 0 aromatic carbocycles. The molecule has 0 aliphatic carbocycles. The van der Waals surface area contributed by atoms with Crippen molar-refractivity contribution in [3.8, 4) is 5.82 Å². The molecule has 0 saturated carbocycles. The highest BCUT2D eigenvalue weighted by Crippen LogP contribution is 2.15. The van der Waals surface area contributed by atoms with Crippen LogP contribution < -0.4 is 11.3 Å². The topological polar surface area (TPSA) is 76.7 Å². The Balaban J connectivity index is 2.68. The number of nitrogens with one attached hydrogen (secondary N) is 1. The van der Waals surface area contributed by atoms with Crippen LogP contribution in [0.4, 0.5) is 0 Å². The molecule has 0 aliphatic heterocycles. The van der Waals surface area contributed by atoms with Crippen molar-refractivity contribution in [3.63, 3.8) is 0 Å². The maximum atomic E-state index is 11.3. The maximum absolute atomic E-state index is 11.3. The fourth-order valence-corrected chi connectivity index (χ4v) is 1.67. The van der Waals surface area contributed by atoms with E-state index in [-0.39, 0.29) is 10.0 Å². The van der Waals surface area contributed by atoms with E-state index in [1.165, 1.54) is 6.33 Å². The number of hydrogen-bond acceptors (Lipinski definition) is 3. The van der Waals surface area contributed by atoms with Crippen molar-refractivity contribution in [2.24, 2.45) is 5.73 Å². The van der Waals surface area contributed by atoms with Gasteiger partial charge in [0.15, 0.2) is 5.82 Å². The average molecular weight is 255 g/mol. The molecule has 5 nitrogen and oxygen atoms in total. The maximum Gasteiger partial charge on any atom is 0.271 e. The molecule has 16 heavy (non-hydrogen) atoms. The third kappa shape index (κ3) is 1.72. The summed E-state index contributed by atoms with van der Waals surface area (Å²) in [5.74, 6) is 0.304. The number of thiocarbonyl (C=S) groups is 1. The summed E-state index contributed by atoms with van der Waals surface area (Å²) in [6.45, 7) is 0. The Morgan fingerprint density at radius 3 is 3.06 bits per heavy atom. The summed E-state index contributed by atoms with van der Waals surface area (Å²) in [5.41, 5.74) is 5.71. The lowest BCUT2D eigenvalue weighted by atomic mass is 10.4. The standard InChI is InChI=1S/C9H7ClN4OS/c10-6-8(12-4-13-9(6)15)14-3-1-2-5(14)7(11)16/h1-4H,(H2,11,16)(H,12,13,15). The predicted octanol–water partition coefficient (Wildman–Crippen LogP) is 0.848. The van der Waals surface area contributed by atoms with Gasteiger partial charge in [-0.15, -0.1) is 0 Å². The van der Waals surface area contributed by atoms with E-state index in [9.17, 15) is 4.79 Å². The first-order valence-corrected chi connectivity index (χ1v) is 5.10. The lowest BCUT2D eigenvalue weighted by Crippen LogP contribution is -2.18. The molecule has 0 aliphatic rings. The van der Waals surface area contributed by atoms with Gasteiger partial charge in [0.2, 0.25) is 0 Å². The Bertz CT molecular complexity index is 604. The fourth-order valence-electron chi connectivity index (χ4n) is 1.31. The summed E-state index contributed by atoms with van der Waals surface area (Å²) in [6, 6.07) is 3.47.